The van der Waals surface area contributed by atoms with Crippen LogP contribution in [0.2, 0.25) is 0 Å². The first-order valence-electron chi connectivity index (χ1n) is 9.15. The van der Waals surface area contributed by atoms with Crippen LogP contribution in [0, 0.1) is 0 Å². The van der Waals surface area contributed by atoms with E-state index < -0.39 is 0 Å². The van der Waals surface area contributed by atoms with E-state index in [2.05, 4.69) is 27.3 Å². The summed E-state index contributed by atoms with van der Waals surface area (Å²) in [4.78, 5) is 21.2. The number of rotatable bonds is 6. The molecule has 1 atom stereocenters. The normalized spacial score (nSPS) is 20.3. The van der Waals surface area contributed by atoms with Crippen molar-refractivity contribution in [2.45, 2.75) is 19.8 Å². The Morgan fingerprint density at radius 1 is 1.29 bits per heavy atom. The molecule has 1 aromatic heterocycles. The predicted molar refractivity (Wildman–Crippen MR) is 107 cm³/mol. The molecule has 8 heteroatoms. The molecule has 3 N–H and O–H groups in total. The molecule has 0 aliphatic carbocycles. The minimum atomic E-state index is -0.345. The van der Waals surface area contributed by atoms with Crippen LogP contribution in [0.25, 0.3) is 5.70 Å². The SMILES string of the molecule is CCCCNC(=O)c1cccc(C2=C[N+]3(N)N=C(c4ccco4)N=C3C=N2)c1. The lowest BCUT2D eigenvalue weighted by molar-refractivity contribution is -0.802. The molecule has 0 fully saturated rings. The molecule has 142 valence electrons. The zero-order valence-electron chi connectivity index (χ0n) is 15.5. The fourth-order valence-electron chi connectivity index (χ4n) is 2.94. The van der Waals surface area contributed by atoms with Crippen LogP contribution in [0.5, 0.6) is 0 Å². The minimum absolute atomic E-state index is 0.103. The van der Waals surface area contributed by atoms with Crippen molar-refractivity contribution in [2.24, 2.45) is 20.9 Å². The van der Waals surface area contributed by atoms with Gasteiger partial charge in [-0.1, -0.05) is 25.5 Å². The van der Waals surface area contributed by atoms with Gasteiger partial charge in [0, 0.05) is 17.7 Å². The summed E-state index contributed by atoms with van der Waals surface area (Å²) < 4.78 is 5.00. The number of hydrogen-bond donors (Lipinski definition) is 2. The van der Waals surface area contributed by atoms with Gasteiger partial charge in [0.2, 0.25) is 0 Å². The number of nitrogens with two attached hydrogens (primary N) is 1. The van der Waals surface area contributed by atoms with Crippen LogP contribution in [0.15, 0.2) is 68.4 Å². The van der Waals surface area contributed by atoms with Gasteiger partial charge in [0.15, 0.2) is 12.0 Å². The zero-order chi connectivity index (χ0) is 19.6. The Morgan fingerprint density at radius 2 is 2.18 bits per heavy atom. The van der Waals surface area contributed by atoms with Crippen molar-refractivity contribution in [1.82, 2.24) is 5.32 Å². The molecule has 0 saturated carbocycles. The van der Waals surface area contributed by atoms with Gasteiger partial charge < -0.3 is 9.73 Å². The van der Waals surface area contributed by atoms with E-state index in [1.54, 1.807) is 42.9 Å². The molecule has 3 heterocycles. The highest BCUT2D eigenvalue weighted by Crippen LogP contribution is 2.26. The van der Waals surface area contributed by atoms with Crippen molar-refractivity contribution in [3.63, 3.8) is 0 Å². The molecule has 2 aliphatic rings. The fraction of sp³-hybridized carbons (Fsp3) is 0.200. The van der Waals surface area contributed by atoms with Gasteiger partial charge in [-0.05, 0) is 40.5 Å². The number of unbranched alkanes of at least 4 members (excludes halogenated alkanes) is 1. The van der Waals surface area contributed by atoms with Crippen molar-refractivity contribution < 1.29 is 13.9 Å². The average molecular weight is 377 g/mol. The molecule has 4 rings (SSSR count). The Balaban J connectivity index is 1.60. The number of furan rings is 1. The molecule has 0 saturated heterocycles. The third-order valence-electron chi connectivity index (χ3n) is 4.46. The summed E-state index contributed by atoms with van der Waals surface area (Å²) in [5.74, 6) is 7.74. The highest BCUT2D eigenvalue weighted by molar-refractivity contribution is 6.32. The molecule has 28 heavy (non-hydrogen) atoms. The molecular weight excluding hydrogens is 356 g/mol. The number of aliphatic imine (C=N–C) groups is 2. The number of amidine groups is 2. The molecule has 1 aromatic carbocycles. The van der Waals surface area contributed by atoms with Crippen LogP contribution in [-0.2, 0) is 0 Å². The summed E-state index contributed by atoms with van der Waals surface area (Å²) in [5, 5.41) is 7.37. The molecular formula is C20H21N6O2+. The molecule has 0 bridgehead atoms. The number of nitrogens with one attached hydrogen (secondary N) is 1. The van der Waals surface area contributed by atoms with E-state index >= 15 is 0 Å². The second kappa shape index (κ2) is 7.34. The summed E-state index contributed by atoms with van der Waals surface area (Å²) in [7, 11) is 0. The highest BCUT2D eigenvalue weighted by Gasteiger charge is 2.40. The maximum absolute atomic E-state index is 12.3. The van der Waals surface area contributed by atoms with Gasteiger partial charge in [0.1, 0.15) is 11.9 Å². The first kappa shape index (κ1) is 18.0. The van der Waals surface area contributed by atoms with Gasteiger partial charge in [-0.25, -0.2) is 4.99 Å². The van der Waals surface area contributed by atoms with E-state index in [1.165, 1.54) is 0 Å². The summed E-state index contributed by atoms with van der Waals surface area (Å²) in [6, 6.07) is 10.8. The van der Waals surface area contributed by atoms with Crippen molar-refractivity contribution in [3.8, 4) is 0 Å². The number of nitrogens with zero attached hydrogens (tertiary/aromatic N) is 4. The monoisotopic (exact) mass is 377 g/mol. The van der Waals surface area contributed by atoms with Crippen molar-refractivity contribution >= 4 is 29.5 Å². The van der Waals surface area contributed by atoms with Gasteiger partial charge in [-0.15, -0.1) is 5.84 Å². The maximum atomic E-state index is 12.3. The third kappa shape index (κ3) is 3.42. The van der Waals surface area contributed by atoms with E-state index in [9.17, 15) is 4.79 Å². The third-order valence-corrected chi connectivity index (χ3v) is 4.46. The summed E-state index contributed by atoms with van der Waals surface area (Å²) in [5.41, 5.74) is 1.98. The quantitative estimate of drug-likeness (QED) is 0.459. The van der Waals surface area contributed by atoms with E-state index in [1.807, 2.05) is 12.1 Å². The molecule has 1 unspecified atom stereocenters. The number of benzene rings is 1. The van der Waals surface area contributed by atoms with Crippen molar-refractivity contribution in [3.05, 3.63) is 65.7 Å². The Morgan fingerprint density at radius 3 is 2.96 bits per heavy atom. The smallest absolute Gasteiger partial charge is 0.300 e. The summed E-state index contributed by atoms with van der Waals surface area (Å²) >= 11 is 0. The number of carbonyl (C=O) groups is 1. The standard InChI is InChI=1S/C20H20N6O2/c1-2-3-9-22-20(27)15-7-4-6-14(11-15)16-13-26(21)18(12-23-16)24-19(25-26)17-8-5-10-28-17/h4-8,10-13H,2-3,9,21H2,1H3/p+1. The van der Waals surface area contributed by atoms with Crippen LogP contribution in [0.4, 0.5) is 0 Å². The zero-order valence-corrected chi connectivity index (χ0v) is 15.5. The van der Waals surface area contributed by atoms with Crippen LogP contribution < -0.4 is 11.2 Å². The van der Waals surface area contributed by atoms with Gasteiger partial charge >= 0.3 is 0 Å². The largest absolute Gasteiger partial charge is 0.461 e. The summed E-state index contributed by atoms with van der Waals surface area (Å²) in [6.45, 7) is 2.74. The maximum Gasteiger partial charge on any atom is 0.300 e. The van der Waals surface area contributed by atoms with Crippen molar-refractivity contribution in [1.29, 1.82) is 0 Å². The predicted octanol–water partition coefficient (Wildman–Crippen LogP) is 2.66. The molecule has 8 nitrogen and oxygen atoms in total. The van der Waals surface area contributed by atoms with Crippen LogP contribution in [-0.4, -0.2) is 35.0 Å². The number of fused-ring (bicyclic) bond motifs is 1. The van der Waals surface area contributed by atoms with Gasteiger partial charge in [-0.2, -0.15) is 4.99 Å². The number of amides is 1. The van der Waals surface area contributed by atoms with Crippen LogP contribution in [0.1, 0.15) is 41.4 Å². The average Bonchev–Trinajstić information content (AvgIpc) is 3.34. The lowest BCUT2D eigenvalue weighted by Crippen LogP contribution is -2.50. The van der Waals surface area contributed by atoms with E-state index in [-0.39, 0.29) is 10.6 Å². The number of carbonyl (C=O) groups excluding carboxylic acids is 1. The van der Waals surface area contributed by atoms with E-state index in [4.69, 9.17) is 10.3 Å². The first-order chi connectivity index (χ1) is 13.6. The molecule has 2 aliphatic heterocycles. The van der Waals surface area contributed by atoms with E-state index in [0.29, 0.717) is 35.2 Å². The molecule has 0 radical (unpaired) electrons. The van der Waals surface area contributed by atoms with E-state index in [0.717, 1.165) is 18.4 Å². The Bertz CT molecular complexity index is 1020. The second-order valence-electron chi connectivity index (χ2n) is 6.57. The topological polar surface area (TPSA) is 105 Å². The first-order valence-corrected chi connectivity index (χ1v) is 9.15. The van der Waals surface area contributed by atoms with Crippen LogP contribution in [0.3, 0.4) is 0 Å². The molecule has 2 aromatic rings. The van der Waals surface area contributed by atoms with Crippen molar-refractivity contribution in [2.75, 3.05) is 6.54 Å². The van der Waals surface area contributed by atoms with Crippen LogP contribution >= 0.6 is 0 Å². The molecule has 1 amide bonds. The van der Waals surface area contributed by atoms with Gasteiger partial charge in [0.05, 0.1) is 6.26 Å². The Kier molecular flexibility index (Phi) is 4.72. The van der Waals surface area contributed by atoms with Gasteiger partial charge in [0.25, 0.3) is 17.6 Å². The van der Waals surface area contributed by atoms with Gasteiger partial charge in [-0.3, -0.25) is 4.79 Å². The number of quaternary nitrogens is 1. The Labute approximate surface area is 162 Å². The Hall–Kier alpha value is -3.36. The highest BCUT2D eigenvalue weighted by atomic mass is 16.3. The lowest BCUT2D eigenvalue weighted by atomic mass is 10.1. The molecule has 0 spiro atoms. The number of hydrogen-bond acceptors (Lipinski definition) is 6. The lowest BCUT2D eigenvalue weighted by Gasteiger charge is -2.19. The fourth-order valence-corrected chi connectivity index (χ4v) is 2.94. The summed E-state index contributed by atoms with van der Waals surface area (Å²) in [6.07, 6.45) is 6.82. The minimum Gasteiger partial charge on any atom is -0.461 e. The second-order valence-corrected chi connectivity index (χ2v) is 6.57.